The summed E-state index contributed by atoms with van der Waals surface area (Å²) in [6.45, 7) is 0. The van der Waals surface area contributed by atoms with Crippen molar-refractivity contribution in [1.29, 1.82) is 0 Å². The van der Waals surface area contributed by atoms with E-state index >= 15 is 0 Å². The molecule has 1 heterocycles. The van der Waals surface area contributed by atoms with Gasteiger partial charge < -0.3 is 14.2 Å². The Hall–Kier alpha value is -9.44. The zero-order valence-electron chi connectivity index (χ0n) is 47.9. The zero-order chi connectivity index (χ0) is 55.5. The molecule has 0 saturated heterocycles. The predicted molar refractivity (Wildman–Crippen MR) is 301 cm³/mol. The third-order valence-electron chi connectivity index (χ3n) is 13.7. The molecule has 13 aromatic carbocycles. The van der Waals surface area contributed by atoms with Crippen molar-refractivity contribution < 1.29 is 18.1 Å². The van der Waals surface area contributed by atoms with Crippen LogP contribution in [0.5, 0.6) is 0 Å². The molecule has 0 radical (unpaired) electrons. The standard InChI is InChI=1S/C68H44N2O/c1-3-19-45(20-4-1)47-25-17-27-51(39-47)69(63-41-49-23-7-9-29-54(49)56-31-11-13-33-58(56)63)53-37-38-62-66(43-53)71-67-44-65(60-35-15-16-36-61(60)68(62)67)70(52-28-18-26-48(40-52)46-21-5-2-6-22-46)64-42-50-24-8-10-30-55(50)57-32-12-14-34-59(57)64/h1-44H/i1D,2D,3D,4D,5D,6D,19D,20D,21D,22D. The van der Waals surface area contributed by atoms with Gasteiger partial charge in [-0.05, 0) is 108 Å². The van der Waals surface area contributed by atoms with E-state index in [1.165, 1.54) is 0 Å². The number of nitrogens with zero attached hydrogens (tertiary/aromatic N) is 2. The molecule has 0 aliphatic heterocycles. The van der Waals surface area contributed by atoms with Gasteiger partial charge in [0.1, 0.15) is 11.2 Å². The van der Waals surface area contributed by atoms with Crippen molar-refractivity contribution in [2.75, 3.05) is 9.80 Å². The van der Waals surface area contributed by atoms with E-state index in [1.807, 2.05) is 103 Å². The lowest BCUT2D eigenvalue weighted by atomic mass is 9.96. The van der Waals surface area contributed by atoms with Crippen LogP contribution in [0.4, 0.5) is 34.1 Å². The Bertz CT molecular complexity index is 4940. The Balaban J connectivity index is 1.02. The maximum absolute atomic E-state index is 8.98. The first kappa shape index (κ1) is 31.6. The van der Waals surface area contributed by atoms with Crippen LogP contribution in [-0.2, 0) is 0 Å². The van der Waals surface area contributed by atoms with Gasteiger partial charge >= 0.3 is 0 Å². The number of anilines is 6. The van der Waals surface area contributed by atoms with E-state index in [4.69, 9.17) is 18.1 Å². The molecule has 0 aliphatic rings. The van der Waals surface area contributed by atoms with Gasteiger partial charge in [-0.3, -0.25) is 0 Å². The average Bonchev–Trinajstić information content (AvgIpc) is 4.14. The first-order chi connectivity index (χ1) is 39.4. The van der Waals surface area contributed by atoms with Gasteiger partial charge in [0.2, 0.25) is 0 Å². The average molecular weight is 915 g/mol. The SMILES string of the molecule is [2H]c1c([2H])c([2H])c(-c2cccc(N(c3ccc4c(c3)oc3cc(N(c5cccc(-c6c([2H])c([2H])c([2H])c([2H])c6[2H])c5)c5cc6ccccc6c6ccccc56)c5ccccc5c34)c3cc4ccccc4c4ccccc34)c2)c([2H])c1[2H]. The quantitative estimate of drug-likeness (QED) is 0.142. The van der Waals surface area contributed by atoms with E-state index in [1.54, 1.807) is 12.1 Å². The van der Waals surface area contributed by atoms with E-state index in [0.717, 1.165) is 87.4 Å². The molecule has 14 aromatic rings. The molecular formula is C68H44N2O. The molecule has 0 amide bonds. The van der Waals surface area contributed by atoms with Gasteiger partial charge in [0.15, 0.2) is 0 Å². The smallest absolute Gasteiger partial charge is 0.138 e. The number of hydrogen-bond acceptors (Lipinski definition) is 3. The third kappa shape index (κ3) is 6.82. The van der Waals surface area contributed by atoms with Crippen LogP contribution in [0.15, 0.2) is 271 Å². The molecule has 0 N–H and O–H groups in total. The van der Waals surface area contributed by atoms with Crippen molar-refractivity contribution in [3.8, 4) is 22.3 Å². The molecule has 14 rings (SSSR count). The lowest BCUT2D eigenvalue weighted by Gasteiger charge is -2.29. The van der Waals surface area contributed by atoms with E-state index in [0.29, 0.717) is 33.7 Å². The van der Waals surface area contributed by atoms with Crippen molar-refractivity contribution >= 4 is 110 Å². The van der Waals surface area contributed by atoms with Crippen molar-refractivity contribution in [2.24, 2.45) is 0 Å². The fourth-order valence-corrected chi connectivity index (χ4v) is 10.6. The second-order valence-electron chi connectivity index (χ2n) is 17.7. The second kappa shape index (κ2) is 16.7. The molecule has 1 aromatic heterocycles. The second-order valence-corrected chi connectivity index (χ2v) is 17.7. The zero-order valence-corrected chi connectivity index (χ0v) is 37.9. The summed E-state index contributed by atoms with van der Waals surface area (Å²) >= 11 is 0. The number of benzene rings is 13. The van der Waals surface area contributed by atoms with Gasteiger partial charge in [-0.25, -0.2) is 0 Å². The van der Waals surface area contributed by atoms with Gasteiger partial charge in [0.25, 0.3) is 0 Å². The van der Waals surface area contributed by atoms with E-state index in [-0.39, 0.29) is 35.3 Å². The van der Waals surface area contributed by atoms with Crippen molar-refractivity contribution in [1.82, 2.24) is 0 Å². The van der Waals surface area contributed by atoms with Gasteiger partial charge in [0, 0.05) is 56.1 Å². The Morgan fingerprint density at radius 1 is 0.282 bits per heavy atom. The largest absolute Gasteiger partial charge is 0.456 e. The molecule has 0 atom stereocenters. The molecule has 0 saturated carbocycles. The first-order valence-electron chi connectivity index (χ1n) is 28.5. The summed E-state index contributed by atoms with van der Waals surface area (Å²) < 4.78 is 93.9. The maximum atomic E-state index is 8.98. The summed E-state index contributed by atoms with van der Waals surface area (Å²) in [5.41, 5.74) is 6.96. The monoisotopic (exact) mass is 914 g/mol. The Morgan fingerprint density at radius 2 is 0.718 bits per heavy atom. The Kier molecular flexibility index (Phi) is 7.41. The normalized spacial score (nSPS) is 13.6. The first-order valence-corrected chi connectivity index (χ1v) is 23.5. The Labute approximate surface area is 425 Å². The maximum Gasteiger partial charge on any atom is 0.138 e. The minimum atomic E-state index is -0.455. The minimum absolute atomic E-state index is 0.103. The van der Waals surface area contributed by atoms with Gasteiger partial charge in [-0.2, -0.15) is 0 Å². The predicted octanol–water partition coefficient (Wildman–Crippen LogP) is 19.6. The van der Waals surface area contributed by atoms with Crippen LogP contribution < -0.4 is 9.80 Å². The van der Waals surface area contributed by atoms with Crippen LogP contribution in [0, 0.1) is 0 Å². The highest BCUT2D eigenvalue weighted by molar-refractivity contribution is 6.24. The van der Waals surface area contributed by atoms with Crippen LogP contribution in [0.2, 0.25) is 0 Å². The van der Waals surface area contributed by atoms with Crippen LogP contribution in [0.3, 0.4) is 0 Å². The minimum Gasteiger partial charge on any atom is -0.456 e. The third-order valence-corrected chi connectivity index (χ3v) is 13.7. The molecule has 3 nitrogen and oxygen atoms in total. The van der Waals surface area contributed by atoms with Crippen molar-refractivity contribution in [3.05, 3.63) is 267 Å². The molecule has 0 unspecified atom stereocenters. The number of hydrogen-bond donors (Lipinski definition) is 0. The van der Waals surface area contributed by atoms with Gasteiger partial charge in [0.05, 0.1) is 30.8 Å². The Morgan fingerprint density at radius 3 is 1.28 bits per heavy atom. The van der Waals surface area contributed by atoms with Crippen LogP contribution in [-0.4, -0.2) is 0 Å². The highest BCUT2D eigenvalue weighted by Gasteiger charge is 2.25. The van der Waals surface area contributed by atoms with Crippen molar-refractivity contribution in [2.45, 2.75) is 0 Å². The van der Waals surface area contributed by atoms with Crippen molar-refractivity contribution in [3.63, 3.8) is 0 Å². The summed E-state index contributed by atoms with van der Waals surface area (Å²) in [5.74, 6) is 0. The summed E-state index contributed by atoms with van der Waals surface area (Å²) in [6.07, 6.45) is 0. The van der Waals surface area contributed by atoms with Crippen LogP contribution in [0.1, 0.15) is 13.7 Å². The molecule has 71 heavy (non-hydrogen) atoms. The summed E-state index contributed by atoms with van der Waals surface area (Å²) in [7, 11) is 0. The highest BCUT2D eigenvalue weighted by atomic mass is 16.3. The molecule has 0 fully saturated rings. The lowest BCUT2D eigenvalue weighted by Crippen LogP contribution is -2.11. The molecule has 0 bridgehead atoms. The van der Waals surface area contributed by atoms with Crippen LogP contribution in [0.25, 0.3) is 98.1 Å². The molecule has 332 valence electrons. The summed E-state index contributed by atoms with van der Waals surface area (Å²) in [5, 5.41) is 11.9. The number of rotatable bonds is 8. The number of fused-ring (bicyclic) bond motifs is 11. The van der Waals surface area contributed by atoms with Gasteiger partial charge in [-0.15, -0.1) is 0 Å². The fraction of sp³-hybridized carbons (Fsp3) is 0. The molecule has 0 spiro atoms. The fourth-order valence-electron chi connectivity index (χ4n) is 10.6. The van der Waals surface area contributed by atoms with E-state index in [9.17, 15) is 0 Å². The van der Waals surface area contributed by atoms with Gasteiger partial charge in [-0.1, -0.05) is 206 Å². The topological polar surface area (TPSA) is 19.6 Å². The summed E-state index contributed by atoms with van der Waals surface area (Å²) in [6, 6.07) is 65.2. The van der Waals surface area contributed by atoms with E-state index in [2.05, 4.69) is 101 Å². The molecule has 3 heteroatoms. The highest BCUT2D eigenvalue weighted by Crippen LogP contribution is 2.50. The molecular weight excluding hydrogens is 861 g/mol. The van der Waals surface area contributed by atoms with Crippen LogP contribution >= 0.6 is 0 Å². The molecule has 0 aliphatic carbocycles. The summed E-state index contributed by atoms with van der Waals surface area (Å²) in [4.78, 5) is 4.32. The lowest BCUT2D eigenvalue weighted by molar-refractivity contribution is 0.669. The van der Waals surface area contributed by atoms with E-state index < -0.39 is 36.3 Å². The number of furan rings is 1.